The van der Waals surface area contributed by atoms with E-state index in [1.165, 1.54) is 18.2 Å². The first kappa shape index (κ1) is 11.1. The van der Waals surface area contributed by atoms with Crippen LogP contribution in [0, 0.1) is 5.82 Å². The van der Waals surface area contributed by atoms with Crippen molar-refractivity contribution in [2.24, 2.45) is 0 Å². The van der Waals surface area contributed by atoms with Crippen LogP contribution in [-0.2, 0) is 4.79 Å². The van der Waals surface area contributed by atoms with Gasteiger partial charge in [0.1, 0.15) is 5.82 Å². The molecule has 5 heteroatoms. The van der Waals surface area contributed by atoms with Crippen LogP contribution >= 0.6 is 11.6 Å². The van der Waals surface area contributed by atoms with Gasteiger partial charge in [0.05, 0.1) is 11.3 Å². The molecule has 0 N–H and O–H groups in total. The van der Waals surface area contributed by atoms with Crippen LogP contribution in [0.5, 0.6) is 0 Å². The zero-order valence-corrected chi connectivity index (χ0v) is 9.13. The summed E-state index contributed by atoms with van der Waals surface area (Å²) in [7, 11) is 0. The Balaban J connectivity index is 2.43. The highest BCUT2D eigenvalue weighted by Crippen LogP contribution is 2.31. The summed E-state index contributed by atoms with van der Waals surface area (Å²) in [6, 6.07) is 4.11. The molecule has 16 heavy (non-hydrogen) atoms. The maximum atomic E-state index is 13.5. The van der Waals surface area contributed by atoms with Gasteiger partial charge >= 0.3 is 0 Å². The van der Waals surface area contributed by atoms with Gasteiger partial charge in [-0.3, -0.25) is 9.59 Å². The second kappa shape index (κ2) is 4.22. The molecule has 0 saturated heterocycles. The molecule has 0 fully saturated rings. The van der Waals surface area contributed by atoms with Crippen LogP contribution in [0.15, 0.2) is 18.2 Å². The first-order valence-electron chi connectivity index (χ1n) is 4.87. The number of benzene rings is 1. The molecular formula is C11H9ClFNO2. The average Bonchev–Trinajstić information content (AvgIpc) is 2.52. The van der Waals surface area contributed by atoms with Crippen LogP contribution in [0.25, 0.3) is 0 Å². The third-order valence-electron chi connectivity index (χ3n) is 2.46. The van der Waals surface area contributed by atoms with Gasteiger partial charge in [0.25, 0.3) is 11.7 Å². The molecule has 0 spiro atoms. The number of ketones is 1. The van der Waals surface area contributed by atoms with E-state index in [1.807, 2.05) is 0 Å². The fourth-order valence-corrected chi connectivity index (χ4v) is 1.86. The summed E-state index contributed by atoms with van der Waals surface area (Å²) in [5, 5.41) is 0. The lowest BCUT2D eigenvalue weighted by Gasteiger charge is -2.15. The monoisotopic (exact) mass is 241 g/mol. The van der Waals surface area contributed by atoms with Crippen molar-refractivity contribution in [3.63, 3.8) is 0 Å². The molecule has 0 atom stereocenters. The first-order valence-corrected chi connectivity index (χ1v) is 5.41. The molecule has 1 heterocycles. The zero-order chi connectivity index (χ0) is 11.7. The summed E-state index contributed by atoms with van der Waals surface area (Å²) in [5.74, 6) is -1.51. The zero-order valence-electron chi connectivity index (χ0n) is 8.37. The van der Waals surface area contributed by atoms with E-state index in [0.717, 1.165) is 4.90 Å². The molecule has 1 aromatic carbocycles. The molecule has 0 aliphatic carbocycles. The fourth-order valence-electron chi connectivity index (χ4n) is 1.74. The largest absolute Gasteiger partial charge is 0.302 e. The summed E-state index contributed by atoms with van der Waals surface area (Å²) in [6.07, 6.45) is 0.522. The summed E-state index contributed by atoms with van der Waals surface area (Å²) in [5.41, 5.74) is 0.224. The molecule has 1 aliphatic heterocycles. The quantitative estimate of drug-likeness (QED) is 0.600. The van der Waals surface area contributed by atoms with E-state index in [0.29, 0.717) is 12.3 Å². The number of nitrogens with zero attached hydrogens (tertiary/aromatic N) is 1. The number of para-hydroxylation sites is 1. The molecular weight excluding hydrogens is 233 g/mol. The van der Waals surface area contributed by atoms with E-state index >= 15 is 0 Å². The molecule has 0 aromatic heterocycles. The third-order valence-corrected chi connectivity index (χ3v) is 2.72. The Morgan fingerprint density at radius 3 is 2.75 bits per heavy atom. The van der Waals surface area contributed by atoms with E-state index in [2.05, 4.69) is 0 Å². The van der Waals surface area contributed by atoms with Crippen molar-refractivity contribution in [3.8, 4) is 0 Å². The molecule has 0 saturated carbocycles. The van der Waals surface area contributed by atoms with Gasteiger partial charge in [-0.05, 0) is 18.6 Å². The number of carbonyl (C=O) groups is 2. The highest BCUT2D eigenvalue weighted by atomic mass is 35.5. The molecule has 84 valence electrons. The van der Waals surface area contributed by atoms with Gasteiger partial charge in [0, 0.05) is 12.4 Å². The Bertz CT molecular complexity index is 461. The van der Waals surface area contributed by atoms with Crippen LogP contribution < -0.4 is 4.90 Å². The summed E-state index contributed by atoms with van der Waals surface area (Å²) >= 11 is 5.51. The lowest BCUT2D eigenvalue weighted by molar-refractivity contribution is -0.114. The number of hydrogen-bond acceptors (Lipinski definition) is 2. The lowest BCUT2D eigenvalue weighted by Crippen LogP contribution is -2.31. The smallest absolute Gasteiger partial charge is 0.299 e. The Labute approximate surface area is 96.8 Å². The van der Waals surface area contributed by atoms with Gasteiger partial charge in [0.2, 0.25) is 0 Å². The van der Waals surface area contributed by atoms with Crippen molar-refractivity contribution >= 4 is 29.0 Å². The van der Waals surface area contributed by atoms with Gasteiger partial charge in [0.15, 0.2) is 0 Å². The number of alkyl halides is 1. The number of hydrogen-bond donors (Lipinski definition) is 0. The van der Waals surface area contributed by atoms with Gasteiger partial charge < -0.3 is 4.90 Å². The molecule has 1 aromatic rings. The van der Waals surface area contributed by atoms with E-state index in [-0.39, 0.29) is 17.8 Å². The molecule has 0 radical (unpaired) electrons. The van der Waals surface area contributed by atoms with Gasteiger partial charge in [-0.25, -0.2) is 4.39 Å². The maximum Gasteiger partial charge on any atom is 0.299 e. The minimum Gasteiger partial charge on any atom is -0.302 e. The molecule has 1 aliphatic rings. The molecule has 3 nitrogen and oxygen atoms in total. The minimum atomic E-state index is -0.676. The SMILES string of the molecule is O=C1C(=O)N(CCCCl)c2c(F)cccc21. The standard InChI is InChI=1S/C11H9ClFNO2/c12-5-2-6-14-9-7(10(15)11(14)16)3-1-4-8(9)13/h1,3-4H,2,5-6H2. The predicted molar refractivity (Wildman–Crippen MR) is 58.4 cm³/mol. The van der Waals surface area contributed by atoms with Crippen LogP contribution in [-0.4, -0.2) is 24.1 Å². The van der Waals surface area contributed by atoms with Gasteiger partial charge in [-0.1, -0.05) is 6.07 Å². The third kappa shape index (κ3) is 1.59. The number of carbonyl (C=O) groups excluding carboxylic acids is 2. The van der Waals surface area contributed by atoms with Crippen molar-refractivity contribution in [2.75, 3.05) is 17.3 Å². The Kier molecular flexibility index (Phi) is 2.92. The Morgan fingerprint density at radius 1 is 1.31 bits per heavy atom. The number of Topliss-reactive ketones (excluding diaryl/α,β-unsaturated/α-hetero) is 1. The highest BCUT2D eigenvalue weighted by Gasteiger charge is 2.37. The van der Waals surface area contributed by atoms with Crippen molar-refractivity contribution in [3.05, 3.63) is 29.6 Å². The number of anilines is 1. The van der Waals surface area contributed by atoms with Crippen molar-refractivity contribution in [2.45, 2.75) is 6.42 Å². The van der Waals surface area contributed by atoms with Crippen molar-refractivity contribution in [1.29, 1.82) is 0 Å². The van der Waals surface area contributed by atoms with Crippen molar-refractivity contribution in [1.82, 2.24) is 0 Å². The molecule has 2 rings (SSSR count). The van der Waals surface area contributed by atoms with Gasteiger partial charge in [-0.2, -0.15) is 0 Å². The van der Waals surface area contributed by atoms with Crippen molar-refractivity contribution < 1.29 is 14.0 Å². The fraction of sp³-hybridized carbons (Fsp3) is 0.273. The lowest BCUT2D eigenvalue weighted by atomic mass is 10.1. The van der Waals surface area contributed by atoms with E-state index in [1.54, 1.807) is 0 Å². The number of halogens is 2. The van der Waals surface area contributed by atoms with Crippen LogP contribution in [0.4, 0.5) is 10.1 Å². The summed E-state index contributed by atoms with van der Waals surface area (Å²) < 4.78 is 13.5. The number of fused-ring (bicyclic) bond motifs is 1. The van der Waals surface area contributed by atoms with E-state index in [4.69, 9.17) is 11.6 Å². The predicted octanol–water partition coefficient (Wildman–Crippen LogP) is 1.98. The average molecular weight is 242 g/mol. The minimum absolute atomic E-state index is 0.0858. The second-order valence-electron chi connectivity index (χ2n) is 3.46. The van der Waals surface area contributed by atoms with Crippen LogP contribution in [0.2, 0.25) is 0 Å². The maximum absolute atomic E-state index is 13.5. The first-order chi connectivity index (χ1) is 7.66. The number of rotatable bonds is 3. The summed E-state index contributed by atoms with van der Waals surface area (Å²) in [4.78, 5) is 24.3. The topological polar surface area (TPSA) is 37.4 Å². The molecule has 0 unspecified atom stereocenters. The highest BCUT2D eigenvalue weighted by molar-refractivity contribution is 6.52. The second-order valence-corrected chi connectivity index (χ2v) is 3.84. The molecule has 1 amide bonds. The molecule has 0 bridgehead atoms. The van der Waals surface area contributed by atoms with E-state index < -0.39 is 17.5 Å². The summed E-state index contributed by atoms with van der Waals surface area (Å²) in [6.45, 7) is 0.266. The van der Waals surface area contributed by atoms with Crippen LogP contribution in [0.1, 0.15) is 16.8 Å². The van der Waals surface area contributed by atoms with E-state index in [9.17, 15) is 14.0 Å². The normalized spacial score (nSPS) is 14.5. The Hall–Kier alpha value is -1.42. The Morgan fingerprint density at radius 2 is 2.06 bits per heavy atom. The van der Waals surface area contributed by atoms with Gasteiger partial charge in [-0.15, -0.1) is 11.6 Å². The van der Waals surface area contributed by atoms with Crippen LogP contribution in [0.3, 0.4) is 0 Å². The number of amides is 1.